The molecule has 0 radical (unpaired) electrons. The van der Waals surface area contributed by atoms with E-state index in [-0.39, 0.29) is 12.5 Å². The zero-order valence-electron chi connectivity index (χ0n) is 10.6. The van der Waals surface area contributed by atoms with Crippen LogP contribution in [0.5, 0.6) is 0 Å². The van der Waals surface area contributed by atoms with Crippen molar-refractivity contribution in [2.75, 3.05) is 13.2 Å². The van der Waals surface area contributed by atoms with Gasteiger partial charge in [0.15, 0.2) is 0 Å². The Hall–Kier alpha value is -2.14. The van der Waals surface area contributed by atoms with Crippen molar-refractivity contribution in [1.82, 2.24) is 5.32 Å². The molecule has 0 saturated heterocycles. The zero-order valence-corrected chi connectivity index (χ0v) is 10.6. The quantitative estimate of drug-likeness (QED) is 0.498. The number of nitrogens with one attached hydrogen (secondary N) is 1. The van der Waals surface area contributed by atoms with E-state index in [0.717, 1.165) is 12.0 Å². The molecule has 0 aliphatic heterocycles. The summed E-state index contributed by atoms with van der Waals surface area (Å²) in [5.74, 6) is -0.658. The van der Waals surface area contributed by atoms with Gasteiger partial charge in [-0.25, -0.2) is 0 Å². The van der Waals surface area contributed by atoms with Gasteiger partial charge in [0.1, 0.15) is 0 Å². The van der Waals surface area contributed by atoms with E-state index in [1.54, 1.807) is 30.3 Å². The van der Waals surface area contributed by atoms with Crippen LogP contribution in [0, 0.1) is 0 Å². The predicted molar refractivity (Wildman–Crippen MR) is 73.3 cm³/mol. The van der Waals surface area contributed by atoms with Crippen LogP contribution < -0.4 is 11.1 Å². The molecule has 2 amide bonds. The second-order valence-corrected chi connectivity index (χ2v) is 4.04. The number of primary amides is 1. The third-order valence-electron chi connectivity index (χ3n) is 2.51. The molecule has 0 atom stereocenters. The predicted octanol–water partition coefficient (Wildman–Crippen LogP) is 0.687. The summed E-state index contributed by atoms with van der Waals surface area (Å²) in [5.41, 5.74) is 6.38. The highest BCUT2D eigenvalue weighted by atomic mass is 16.3. The lowest BCUT2D eigenvalue weighted by molar-refractivity contribution is -0.116. The molecular weight excluding hydrogens is 244 g/mol. The molecule has 102 valence electrons. The Bertz CT molecular complexity index is 452. The maximum atomic E-state index is 11.4. The van der Waals surface area contributed by atoms with Crippen LogP contribution in [0.25, 0.3) is 6.08 Å². The molecule has 0 aliphatic rings. The molecule has 0 aliphatic carbocycles. The van der Waals surface area contributed by atoms with Gasteiger partial charge < -0.3 is 16.2 Å². The van der Waals surface area contributed by atoms with Crippen LogP contribution in [-0.2, 0) is 4.79 Å². The summed E-state index contributed by atoms with van der Waals surface area (Å²) in [5, 5.41) is 11.3. The van der Waals surface area contributed by atoms with Gasteiger partial charge in [-0.2, -0.15) is 0 Å². The molecule has 0 aromatic heterocycles. The summed E-state index contributed by atoms with van der Waals surface area (Å²) in [6, 6.07) is 6.66. The number of carbonyl (C=O) groups is 2. The van der Waals surface area contributed by atoms with E-state index in [1.807, 2.05) is 0 Å². The summed E-state index contributed by atoms with van der Waals surface area (Å²) < 4.78 is 0. The molecule has 0 heterocycles. The molecule has 0 unspecified atom stereocenters. The number of aliphatic hydroxyl groups is 1. The molecule has 0 bridgehead atoms. The SMILES string of the molecule is NC(=O)c1ccc(/C=C/C(=O)NCCCCO)cc1. The van der Waals surface area contributed by atoms with Crippen LogP contribution >= 0.6 is 0 Å². The maximum Gasteiger partial charge on any atom is 0.248 e. The Kier molecular flexibility index (Phi) is 6.32. The highest BCUT2D eigenvalue weighted by molar-refractivity contribution is 5.94. The number of unbranched alkanes of at least 4 members (excludes halogenated alkanes) is 1. The average Bonchev–Trinajstić information content (AvgIpc) is 2.42. The first-order valence-corrected chi connectivity index (χ1v) is 6.10. The first-order chi connectivity index (χ1) is 9.13. The third kappa shape index (κ3) is 5.83. The smallest absolute Gasteiger partial charge is 0.248 e. The molecule has 1 rings (SSSR count). The van der Waals surface area contributed by atoms with E-state index in [1.165, 1.54) is 6.08 Å². The molecule has 0 saturated carbocycles. The number of hydrogen-bond donors (Lipinski definition) is 3. The van der Waals surface area contributed by atoms with Crippen LogP contribution in [-0.4, -0.2) is 30.1 Å². The van der Waals surface area contributed by atoms with Gasteiger partial charge in [-0.1, -0.05) is 12.1 Å². The molecule has 1 aromatic rings. The van der Waals surface area contributed by atoms with Crippen molar-refractivity contribution in [3.8, 4) is 0 Å². The van der Waals surface area contributed by atoms with Crippen LogP contribution in [0.15, 0.2) is 30.3 Å². The Balaban J connectivity index is 2.43. The largest absolute Gasteiger partial charge is 0.396 e. The highest BCUT2D eigenvalue weighted by Gasteiger charge is 1.98. The molecule has 19 heavy (non-hydrogen) atoms. The molecule has 5 heteroatoms. The lowest BCUT2D eigenvalue weighted by atomic mass is 10.1. The fraction of sp³-hybridized carbons (Fsp3) is 0.286. The Morgan fingerprint density at radius 2 is 1.89 bits per heavy atom. The van der Waals surface area contributed by atoms with Crippen LogP contribution in [0.3, 0.4) is 0 Å². The Morgan fingerprint density at radius 1 is 1.21 bits per heavy atom. The van der Waals surface area contributed by atoms with Crippen LogP contribution in [0.1, 0.15) is 28.8 Å². The van der Waals surface area contributed by atoms with Gasteiger partial charge in [0, 0.05) is 24.8 Å². The number of rotatable bonds is 7. The van der Waals surface area contributed by atoms with E-state index in [0.29, 0.717) is 18.5 Å². The van der Waals surface area contributed by atoms with Crippen molar-refractivity contribution in [2.45, 2.75) is 12.8 Å². The maximum absolute atomic E-state index is 11.4. The van der Waals surface area contributed by atoms with Crippen molar-refractivity contribution in [3.05, 3.63) is 41.5 Å². The van der Waals surface area contributed by atoms with Gasteiger partial charge in [0.2, 0.25) is 11.8 Å². The molecular formula is C14H18N2O3. The lowest BCUT2D eigenvalue weighted by Crippen LogP contribution is -2.22. The summed E-state index contributed by atoms with van der Waals surface area (Å²) in [4.78, 5) is 22.3. The van der Waals surface area contributed by atoms with Crippen LogP contribution in [0.2, 0.25) is 0 Å². The summed E-state index contributed by atoms with van der Waals surface area (Å²) in [6.45, 7) is 0.683. The number of carbonyl (C=O) groups excluding carboxylic acids is 2. The second-order valence-electron chi connectivity index (χ2n) is 4.04. The fourth-order valence-corrected chi connectivity index (χ4v) is 1.44. The van der Waals surface area contributed by atoms with Gasteiger partial charge in [0.25, 0.3) is 0 Å². The summed E-state index contributed by atoms with van der Waals surface area (Å²) in [7, 11) is 0. The minimum absolute atomic E-state index is 0.137. The Labute approximate surface area is 112 Å². The molecule has 0 spiro atoms. The van der Waals surface area contributed by atoms with Gasteiger partial charge in [-0.3, -0.25) is 9.59 Å². The highest BCUT2D eigenvalue weighted by Crippen LogP contribution is 2.05. The van der Waals surface area contributed by atoms with Gasteiger partial charge in [-0.05, 0) is 36.6 Å². The number of benzene rings is 1. The summed E-state index contributed by atoms with van der Waals surface area (Å²) in [6.07, 6.45) is 4.52. The number of aliphatic hydroxyl groups excluding tert-OH is 1. The van der Waals surface area contributed by atoms with Gasteiger partial charge in [0.05, 0.1) is 0 Å². The van der Waals surface area contributed by atoms with E-state index in [4.69, 9.17) is 10.8 Å². The van der Waals surface area contributed by atoms with E-state index >= 15 is 0 Å². The summed E-state index contributed by atoms with van der Waals surface area (Å²) >= 11 is 0. The van der Waals surface area contributed by atoms with Crippen molar-refractivity contribution in [2.24, 2.45) is 5.73 Å². The molecule has 5 nitrogen and oxygen atoms in total. The molecule has 0 fully saturated rings. The average molecular weight is 262 g/mol. The minimum atomic E-state index is -0.475. The van der Waals surface area contributed by atoms with Crippen molar-refractivity contribution in [3.63, 3.8) is 0 Å². The minimum Gasteiger partial charge on any atom is -0.396 e. The fourth-order valence-electron chi connectivity index (χ4n) is 1.44. The molecule has 4 N–H and O–H groups in total. The standard InChI is InChI=1S/C14H18N2O3/c15-14(19)12-6-3-11(4-7-12)5-8-13(18)16-9-1-2-10-17/h3-8,17H,1-2,9-10H2,(H2,15,19)(H,16,18)/b8-5+. The lowest BCUT2D eigenvalue weighted by Gasteiger charge is -2.00. The van der Waals surface area contributed by atoms with Gasteiger partial charge in [-0.15, -0.1) is 0 Å². The van der Waals surface area contributed by atoms with Crippen molar-refractivity contribution >= 4 is 17.9 Å². The van der Waals surface area contributed by atoms with E-state index in [9.17, 15) is 9.59 Å². The number of hydrogen-bond acceptors (Lipinski definition) is 3. The monoisotopic (exact) mass is 262 g/mol. The van der Waals surface area contributed by atoms with Crippen LogP contribution in [0.4, 0.5) is 0 Å². The van der Waals surface area contributed by atoms with E-state index < -0.39 is 5.91 Å². The van der Waals surface area contributed by atoms with Crippen molar-refractivity contribution < 1.29 is 14.7 Å². The topological polar surface area (TPSA) is 92.4 Å². The molecule has 1 aromatic carbocycles. The third-order valence-corrected chi connectivity index (χ3v) is 2.51. The first kappa shape index (κ1) is 14.9. The Morgan fingerprint density at radius 3 is 2.47 bits per heavy atom. The second kappa shape index (κ2) is 8.05. The van der Waals surface area contributed by atoms with Gasteiger partial charge >= 0.3 is 0 Å². The number of amides is 2. The number of nitrogens with two attached hydrogens (primary N) is 1. The normalized spacial score (nSPS) is 10.6. The van der Waals surface area contributed by atoms with Crippen molar-refractivity contribution in [1.29, 1.82) is 0 Å². The van der Waals surface area contributed by atoms with E-state index in [2.05, 4.69) is 5.32 Å². The first-order valence-electron chi connectivity index (χ1n) is 6.10. The zero-order chi connectivity index (χ0) is 14.1.